The van der Waals surface area contributed by atoms with E-state index >= 15 is 0 Å². The summed E-state index contributed by atoms with van der Waals surface area (Å²) in [5.74, 6) is 0.497. The number of rotatable bonds is 6. The number of nitrogens with zero attached hydrogens (tertiary/aromatic N) is 4. The fourth-order valence-electron chi connectivity index (χ4n) is 3.91. The molecule has 0 saturated carbocycles. The zero-order chi connectivity index (χ0) is 21.8. The van der Waals surface area contributed by atoms with Crippen LogP contribution >= 0.6 is 11.6 Å². The molecule has 8 heteroatoms. The fourth-order valence-corrected chi connectivity index (χ4v) is 4.13. The fraction of sp³-hybridized carbons (Fsp3) is 0.348. The van der Waals surface area contributed by atoms with Crippen LogP contribution in [0.1, 0.15) is 24.3 Å². The smallest absolute Gasteiger partial charge is 0.246 e. The quantitative estimate of drug-likeness (QED) is 0.566. The monoisotopic (exact) mass is 442 g/mol. The first kappa shape index (κ1) is 21.5. The van der Waals surface area contributed by atoms with Gasteiger partial charge in [0, 0.05) is 25.7 Å². The highest BCUT2D eigenvalue weighted by atomic mass is 35.5. The predicted molar refractivity (Wildman–Crippen MR) is 116 cm³/mol. The van der Waals surface area contributed by atoms with Crippen LogP contribution in [0.4, 0.5) is 4.39 Å². The highest BCUT2D eigenvalue weighted by Crippen LogP contribution is 2.25. The number of amides is 1. The third kappa shape index (κ3) is 5.29. The van der Waals surface area contributed by atoms with E-state index in [-0.39, 0.29) is 24.2 Å². The van der Waals surface area contributed by atoms with Gasteiger partial charge in [-0.3, -0.25) is 9.69 Å². The molecule has 0 radical (unpaired) electrons. The van der Waals surface area contributed by atoms with Crippen LogP contribution in [0, 0.1) is 11.7 Å². The molecule has 6 nitrogen and oxygen atoms in total. The number of halogens is 2. The first-order valence-electron chi connectivity index (χ1n) is 10.3. The number of carbonyl (C=O) groups is 1. The van der Waals surface area contributed by atoms with Gasteiger partial charge in [0.1, 0.15) is 5.82 Å². The molecule has 1 unspecified atom stereocenters. The van der Waals surface area contributed by atoms with Crippen LogP contribution in [-0.4, -0.2) is 46.0 Å². The van der Waals surface area contributed by atoms with Gasteiger partial charge in [-0.05, 0) is 49.2 Å². The van der Waals surface area contributed by atoms with Crippen LogP contribution in [0.25, 0.3) is 11.4 Å². The summed E-state index contributed by atoms with van der Waals surface area (Å²) in [5.41, 5.74) is 1.73. The highest BCUT2D eigenvalue weighted by Gasteiger charge is 2.28. The Morgan fingerprint density at radius 2 is 2.03 bits per heavy atom. The zero-order valence-corrected chi connectivity index (χ0v) is 18.1. The van der Waals surface area contributed by atoms with Gasteiger partial charge in [-0.1, -0.05) is 41.0 Å². The number of carbonyl (C=O) groups excluding carboxylic acids is 1. The summed E-state index contributed by atoms with van der Waals surface area (Å²) in [6.45, 7) is 2.55. The van der Waals surface area contributed by atoms with Crippen LogP contribution in [0.3, 0.4) is 0 Å². The molecular formula is C23H24ClFN4O2. The molecule has 1 fully saturated rings. The van der Waals surface area contributed by atoms with Crippen molar-refractivity contribution in [1.82, 2.24) is 19.9 Å². The van der Waals surface area contributed by atoms with Crippen molar-refractivity contribution in [3.8, 4) is 11.4 Å². The Labute approximate surface area is 185 Å². The number of hydrogen-bond donors (Lipinski definition) is 0. The van der Waals surface area contributed by atoms with Crippen molar-refractivity contribution in [1.29, 1.82) is 0 Å². The SMILES string of the molecule is CN(Cc1nc(-c2ccccc2Cl)no1)C(=O)C1CCCN(Cc2ccc(F)cc2)C1. The molecule has 1 aliphatic heterocycles. The Balaban J connectivity index is 1.35. The first-order valence-corrected chi connectivity index (χ1v) is 10.7. The second kappa shape index (κ2) is 9.58. The maximum absolute atomic E-state index is 13.1. The second-order valence-electron chi connectivity index (χ2n) is 7.89. The topological polar surface area (TPSA) is 62.5 Å². The summed E-state index contributed by atoms with van der Waals surface area (Å²) in [5, 5.41) is 4.54. The minimum Gasteiger partial charge on any atom is -0.337 e. The Hall–Kier alpha value is -2.77. The van der Waals surface area contributed by atoms with Gasteiger partial charge in [0.25, 0.3) is 0 Å². The maximum atomic E-state index is 13.1. The van der Waals surface area contributed by atoms with Crippen molar-refractivity contribution >= 4 is 17.5 Å². The molecule has 0 spiro atoms. The highest BCUT2D eigenvalue weighted by molar-refractivity contribution is 6.33. The number of piperidine rings is 1. The molecule has 1 aliphatic rings. The number of likely N-dealkylation sites (tertiary alicyclic amines) is 1. The molecule has 0 bridgehead atoms. The normalized spacial score (nSPS) is 16.9. The van der Waals surface area contributed by atoms with E-state index in [0.29, 0.717) is 35.4 Å². The van der Waals surface area contributed by atoms with Crippen LogP contribution in [0.5, 0.6) is 0 Å². The van der Waals surface area contributed by atoms with Crippen LogP contribution in [0.15, 0.2) is 53.1 Å². The molecule has 1 aromatic heterocycles. The lowest BCUT2D eigenvalue weighted by Gasteiger charge is -2.33. The molecule has 2 heterocycles. The van der Waals surface area contributed by atoms with E-state index in [1.54, 1.807) is 30.1 Å². The summed E-state index contributed by atoms with van der Waals surface area (Å²) in [4.78, 5) is 21.3. The number of aromatic nitrogens is 2. The van der Waals surface area contributed by atoms with E-state index < -0.39 is 0 Å². The molecule has 3 aromatic rings. The standard InChI is InChI=1S/C23H24ClFN4O2/c1-28(15-21-26-22(27-31-21)19-6-2-3-7-20(19)24)23(30)17-5-4-12-29(14-17)13-16-8-10-18(25)11-9-16/h2-3,6-11,17H,4-5,12-15H2,1H3. The van der Waals surface area contributed by atoms with Crippen molar-refractivity contribution in [2.75, 3.05) is 20.1 Å². The van der Waals surface area contributed by atoms with E-state index in [4.69, 9.17) is 16.1 Å². The lowest BCUT2D eigenvalue weighted by atomic mass is 9.96. The van der Waals surface area contributed by atoms with Crippen molar-refractivity contribution in [3.05, 3.63) is 70.8 Å². The Bertz CT molecular complexity index is 1040. The van der Waals surface area contributed by atoms with Crippen LogP contribution in [0.2, 0.25) is 5.02 Å². The van der Waals surface area contributed by atoms with E-state index in [1.807, 2.05) is 18.2 Å². The number of hydrogen-bond acceptors (Lipinski definition) is 5. The summed E-state index contributed by atoms with van der Waals surface area (Å²) in [6, 6.07) is 13.8. The first-order chi connectivity index (χ1) is 15.0. The molecule has 1 atom stereocenters. The van der Waals surface area contributed by atoms with E-state index in [2.05, 4.69) is 15.0 Å². The average molecular weight is 443 g/mol. The van der Waals surface area contributed by atoms with Gasteiger partial charge in [-0.15, -0.1) is 0 Å². The van der Waals surface area contributed by atoms with Gasteiger partial charge < -0.3 is 9.42 Å². The molecule has 1 amide bonds. The summed E-state index contributed by atoms with van der Waals surface area (Å²) < 4.78 is 18.5. The van der Waals surface area contributed by atoms with Crippen molar-refractivity contribution in [3.63, 3.8) is 0 Å². The van der Waals surface area contributed by atoms with Crippen LogP contribution in [-0.2, 0) is 17.9 Å². The van der Waals surface area contributed by atoms with E-state index in [1.165, 1.54) is 12.1 Å². The maximum Gasteiger partial charge on any atom is 0.246 e. The minimum absolute atomic E-state index is 0.0568. The van der Waals surface area contributed by atoms with Crippen molar-refractivity contribution in [2.24, 2.45) is 5.92 Å². The predicted octanol–water partition coefficient (Wildman–Crippen LogP) is 4.40. The van der Waals surface area contributed by atoms with Crippen LogP contribution < -0.4 is 0 Å². The molecule has 0 N–H and O–H groups in total. The molecule has 4 rings (SSSR count). The van der Waals surface area contributed by atoms with E-state index in [0.717, 1.165) is 24.9 Å². The van der Waals surface area contributed by atoms with E-state index in [9.17, 15) is 9.18 Å². The van der Waals surface area contributed by atoms with Gasteiger partial charge in [0.15, 0.2) is 0 Å². The van der Waals surface area contributed by atoms with Gasteiger partial charge >= 0.3 is 0 Å². The summed E-state index contributed by atoms with van der Waals surface area (Å²) in [7, 11) is 1.75. The third-order valence-corrected chi connectivity index (χ3v) is 5.84. The molecular weight excluding hydrogens is 419 g/mol. The minimum atomic E-state index is -0.240. The zero-order valence-electron chi connectivity index (χ0n) is 17.3. The Morgan fingerprint density at radius 3 is 2.81 bits per heavy atom. The van der Waals surface area contributed by atoms with Crippen molar-refractivity contribution < 1.29 is 13.7 Å². The summed E-state index contributed by atoms with van der Waals surface area (Å²) in [6.07, 6.45) is 1.79. The lowest BCUT2D eigenvalue weighted by Crippen LogP contribution is -2.43. The lowest BCUT2D eigenvalue weighted by molar-refractivity contribution is -0.137. The molecule has 1 saturated heterocycles. The van der Waals surface area contributed by atoms with Gasteiger partial charge in [-0.2, -0.15) is 4.98 Å². The molecule has 0 aliphatic carbocycles. The van der Waals surface area contributed by atoms with Gasteiger partial charge in [0.05, 0.1) is 17.5 Å². The molecule has 162 valence electrons. The molecule has 2 aromatic carbocycles. The average Bonchev–Trinajstić information content (AvgIpc) is 3.23. The third-order valence-electron chi connectivity index (χ3n) is 5.51. The van der Waals surface area contributed by atoms with Gasteiger partial charge in [0.2, 0.25) is 17.6 Å². The van der Waals surface area contributed by atoms with Crippen molar-refractivity contribution in [2.45, 2.75) is 25.9 Å². The second-order valence-corrected chi connectivity index (χ2v) is 8.29. The summed E-state index contributed by atoms with van der Waals surface area (Å²) >= 11 is 6.20. The molecule has 31 heavy (non-hydrogen) atoms. The van der Waals surface area contributed by atoms with Gasteiger partial charge in [-0.25, -0.2) is 4.39 Å². The largest absolute Gasteiger partial charge is 0.337 e. The Morgan fingerprint density at radius 1 is 1.26 bits per heavy atom. The Kier molecular flexibility index (Phi) is 6.63. The number of benzene rings is 2.